The number of carbonyl (C=O) groups is 4. The van der Waals surface area contributed by atoms with Crippen LogP contribution in [-0.2, 0) is 19.1 Å². The number of carbonyl (C=O) groups excluding carboxylic acids is 4. The van der Waals surface area contributed by atoms with Crippen LogP contribution in [0.2, 0.25) is 0 Å². The Morgan fingerprint density at radius 1 is 1.07 bits per heavy atom. The summed E-state index contributed by atoms with van der Waals surface area (Å²) < 4.78 is 5.12. The molecule has 2 heterocycles. The summed E-state index contributed by atoms with van der Waals surface area (Å²) in [4.78, 5) is 51.4. The third kappa shape index (κ3) is 4.68. The van der Waals surface area contributed by atoms with E-state index in [1.165, 1.54) is 0 Å². The van der Waals surface area contributed by atoms with Gasteiger partial charge in [-0.3, -0.25) is 19.2 Å². The predicted molar refractivity (Wildman–Crippen MR) is 102 cm³/mol. The normalized spacial score (nSPS) is 17.5. The third-order valence-electron chi connectivity index (χ3n) is 4.98. The zero-order valence-electron chi connectivity index (χ0n) is 16.0. The lowest BCUT2D eigenvalue weighted by Gasteiger charge is -2.20. The number of ether oxygens (including phenoxy) is 1. The lowest BCUT2D eigenvalue weighted by atomic mass is 10.2. The molecule has 1 aromatic rings. The molecule has 0 bridgehead atoms. The van der Waals surface area contributed by atoms with E-state index in [0.29, 0.717) is 31.6 Å². The van der Waals surface area contributed by atoms with Crippen molar-refractivity contribution in [3.05, 3.63) is 29.8 Å². The second-order valence-electron chi connectivity index (χ2n) is 7.04. The molecule has 1 aromatic carbocycles. The lowest BCUT2D eigenvalue weighted by Crippen LogP contribution is -2.40. The van der Waals surface area contributed by atoms with Crippen LogP contribution in [0.25, 0.3) is 0 Å². The number of anilines is 1. The van der Waals surface area contributed by atoms with Crippen LogP contribution < -0.4 is 10.2 Å². The Hall–Kier alpha value is -2.90. The highest BCUT2D eigenvalue weighted by Gasteiger charge is 2.26. The lowest BCUT2D eigenvalue weighted by molar-refractivity contribution is -0.157. The molecule has 150 valence electrons. The second-order valence-corrected chi connectivity index (χ2v) is 7.04. The Morgan fingerprint density at radius 3 is 2.36 bits per heavy atom. The Bertz CT molecular complexity index is 756. The van der Waals surface area contributed by atoms with Gasteiger partial charge < -0.3 is 19.9 Å². The predicted octanol–water partition coefficient (Wildman–Crippen LogP) is 1.10. The van der Waals surface area contributed by atoms with Gasteiger partial charge in [0, 0.05) is 37.3 Å². The van der Waals surface area contributed by atoms with Gasteiger partial charge in [0.05, 0.1) is 0 Å². The van der Waals surface area contributed by atoms with Crippen LogP contribution in [0.5, 0.6) is 0 Å². The van der Waals surface area contributed by atoms with E-state index in [1.54, 1.807) is 41.0 Å². The van der Waals surface area contributed by atoms with Gasteiger partial charge in [-0.2, -0.15) is 0 Å². The fourth-order valence-electron chi connectivity index (χ4n) is 3.45. The molecule has 0 saturated carbocycles. The molecule has 0 spiro atoms. The molecular weight excluding hydrogens is 362 g/mol. The summed E-state index contributed by atoms with van der Waals surface area (Å²) in [6, 6.07) is 6.66. The van der Waals surface area contributed by atoms with Gasteiger partial charge >= 0.3 is 5.97 Å². The van der Waals surface area contributed by atoms with Crippen molar-refractivity contribution >= 4 is 29.4 Å². The number of amides is 3. The molecule has 2 fully saturated rings. The van der Waals surface area contributed by atoms with Crippen molar-refractivity contribution in [3.8, 4) is 0 Å². The number of esters is 1. The molecular formula is C20H25N3O5. The minimum Gasteiger partial charge on any atom is -0.451 e. The van der Waals surface area contributed by atoms with E-state index in [2.05, 4.69) is 5.32 Å². The smallest absolute Gasteiger partial charge is 0.326 e. The van der Waals surface area contributed by atoms with E-state index >= 15 is 0 Å². The third-order valence-corrected chi connectivity index (χ3v) is 4.98. The highest BCUT2D eigenvalue weighted by Crippen LogP contribution is 2.21. The highest BCUT2D eigenvalue weighted by molar-refractivity contribution is 5.98. The van der Waals surface area contributed by atoms with E-state index in [9.17, 15) is 19.2 Å². The van der Waals surface area contributed by atoms with Crippen molar-refractivity contribution in [2.24, 2.45) is 0 Å². The van der Waals surface area contributed by atoms with Crippen molar-refractivity contribution in [3.63, 3.8) is 0 Å². The van der Waals surface area contributed by atoms with Gasteiger partial charge in [-0.1, -0.05) is 0 Å². The van der Waals surface area contributed by atoms with Gasteiger partial charge in [0.2, 0.25) is 5.91 Å². The van der Waals surface area contributed by atoms with Gasteiger partial charge in [-0.25, -0.2) is 0 Å². The Labute approximate surface area is 163 Å². The first-order valence-corrected chi connectivity index (χ1v) is 9.62. The van der Waals surface area contributed by atoms with Crippen molar-refractivity contribution in [2.75, 3.05) is 31.1 Å². The van der Waals surface area contributed by atoms with Crippen LogP contribution in [0.3, 0.4) is 0 Å². The summed E-state index contributed by atoms with van der Waals surface area (Å²) in [6.07, 6.45) is 2.45. The number of benzene rings is 1. The topological polar surface area (TPSA) is 96.0 Å². The minimum atomic E-state index is -0.861. The molecule has 0 aromatic heterocycles. The molecule has 2 saturated heterocycles. The maximum atomic E-state index is 12.2. The maximum absolute atomic E-state index is 12.2. The van der Waals surface area contributed by atoms with Crippen molar-refractivity contribution in [1.82, 2.24) is 10.2 Å². The van der Waals surface area contributed by atoms with E-state index in [1.807, 2.05) is 0 Å². The van der Waals surface area contributed by atoms with Gasteiger partial charge in [0.1, 0.15) is 6.54 Å². The Kier molecular flexibility index (Phi) is 6.28. The first-order valence-electron chi connectivity index (χ1n) is 9.62. The number of nitrogens with zero attached hydrogens (tertiary/aromatic N) is 2. The van der Waals surface area contributed by atoms with E-state index < -0.39 is 18.0 Å². The molecule has 1 N–H and O–H groups in total. The SMILES string of the molecule is C[C@@H](OC(=O)CNC(=O)c1ccc(N2CCCC2=O)cc1)C(=O)N1CCCC1. The average Bonchev–Trinajstić information content (AvgIpc) is 3.37. The summed E-state index contributed by atoms with van der Waals surface area (Å²) >= 11 is 0. The van der Waals surface area contributed by atoms with Gasteiger partial charge in [-0.15, -0.1) is 0 Å². The standard InChI is InChI=1S/C20H25N3O5/c1-14(20(27)22-10-2-3-11-22)28-18(25)13-21-19(26)15-6-8-16(9-7-15)23-12-4-5-17(23)24/h6-9,14H,2-5,10-13H2,1H3,(H,21,26)/t14-/m1/s1. The van der Waals surface area contributed by atoms with Crippen LogP contribution in [0.15, 0.2) is 24.3 Å². The molecule has 0 aliphatic carbocycles. The summed E-state index contributed by atoms with van der Waals surface area (Å²) in [5.41, 5.74) is 1.14. The number of nitrogens with one attached hydrogen (secondary N) is 1. The van der Waals surface area contributed by atoms with Crippen LogP contribution in [0.4, 0.5) is 5.69 Å². The van der Waals surface area contributed by atoms with E-state index in [4.69, 9.17) is 4.74 Å². The fourth-order valence-corrected chi connectivity index (χ4v) is 3.45. The first-order chi connectivity index (χ1) is 13.5. The molecule has 2 aliphatic rings. The zero-order chi connectivity index (χ0) is 20.1. The Balaban J connectivity index is 1.46. The van der Waals surface area contributed by atoms with Gasteiger partial charge in [0.15, 0.2) is 6.10 Å². The second kappa shape index (κ2) is 8.86. The molecule has 0 radical (unpaired) electrons. The quantitative estimate of drug-likeness (QED) is 0.738. The van der Waals surface area contributed by atoms with Crippen molar-refractivity contribution in [2.45, 2.75) is 38.7 Å². The summed E-state index contributed by atoms with van der Waals surface area (Å²) in [6.45, 7) is 3.29. The summed E-state index contributed by atoms with van der Waals surface area (Å²) in [5.74, 6) is -1.20. The maximum Gasteiger partial charge on any atom is 0.326 e. The molecule has 1 atom stereocenters. The van der Waals surface area contributed by atoms with Crippen LogP contribution in [-0.4, -0.2) is 60.9 Å². The van der Waals surface area contributed by atoms with Crippen molar-refractivity contribution < 1.29 is 23.9 Å². The highest BCUT2D eigenvalue weighted by atomic mass is 16.5. The van der Waals surface area contributed by atoms with Crippen LogP contribution in [0.1, 0.15) is 43.0 Å². The molecule has 28 heavy (non-hydrogen) atoms. The zero-order valence-corrected chi connectivity index (χ0v) is 16.0. The number of likely N-dealkylation sites (tertiary alicyclic amines) is 1. The van der Waals surface area contributed by atoms with Gasteiger partial charge in [0.25, 0.3) is 11.8 Å². The van der Waals surface area contributed by atoms with Crippen molar-refractivity contribution in [1.29, 1.82) is 0 Å². The number of hydrogen-bond donors (Lipinski definition) is 1. The summed E-state index contributed by atoms with van der Waals surface area (Å²) in [5, 5.41) is 2.49. The molecule has 8 heteroatoms. The number of rotatable bonds is 6. The van der Waals surface area contributed by atoms with E-state index in [-0.39, 0.29) is 18.4 Å². The monoisotopic (exact) mass is 387 g/mol. The molecule has 3 amide bonds. The van der Waals surface area contributed by atoms with Gasteiger partial charge in [-0.05, 0) is 50.5 Å². The largest absolute Gasteiger partial charge is 0.451 e. The van der Waals surface area contributed by atoms with Crippen LogP contribution >= 0.6 is 0 Å². The van der Waals surface area contributed by atoms with Crippen LogP contribution in [0, 0.1) is 0 Å². The molecule has 3 rings (SSSR count). The molecule has 8 nitrogen and oxygen atoms in total. The molecule has 0 unspecified atom stereocenters. The molecule has 2 aliphatic heterocycles. The minimum absolute atomic E-state index is 0.0811. The fraction of sp³-hybridized carbons (Fsp3) is 0.500. The number of hydrogen-bond acceptors (Lipinski definition) is 5. The Morgan fingerprint density at radius 2 is 1.75 bits per heavy atom. The summed E-state index contributed by atoms with van der Waals surface area (Å²) in [7, 11) is 0. The first kappa shape index (κ1) is 19.9. The van der Waals surface area contributed by atoms with E-state index in [0.717, 1.165) is 24.9 Å². The average molecular weight is 387 g/mol.